The molecular formula is C21H27N7O2S. The molecule has 0 unspecified atom stereocenters. The number of carbonyl (C=O) groups excluding carboxylic acids is 1. The van der Waals surface area contributed by atoms with Crippen molar-refractivity contribution in [2.24, 2.45) is 0 Å². The molecule has 0 aliphatic carbocycles. The fourth-order valence-electron chi connectivity index (χ4n) is 3.52. The fourth-order valence-corrected chi connectivity index (χ4v) is 4.31. The number of benzene rings is 1. The molecule has 4 rings (SSSR count). The standard InChI is InChI=1S/C21H27N7O2S/c1-17-19(31-16-22-17)14-27(13-18-5-3-2-4-6-18)21(29)7-8-28-20(23-24-25-28)15-26-9-11-30-12-10-26/h2-6,16H,7-15H2,1H3. The molecule has 3 aromatic rings. The van der Waals surface area contributed by atoms with Gasteiger partial charge in [-0.15, -0.1) is 16.4 Å². The zero-order valence-corrected chi connectivity index (χ0v) is 18.5. The Labute approximate surface area is 185 Å². The molecule has 1 saturated heterocycles. The number of rotatable bonds is 9. The minimum absolute atomic E-state index is 0.0736. The first-order chi connectivity index (χ1) is 15.2. The number of tetrazole rings is 1. The summed E-state index contributed by atoms with van der Waals surface area (Å²) in [5.74, 6) is 0.854. The van der Waals surface area contributed by atoms with E-state index in [0.717, 1.165) is 48.3 Å². The number of aromatic nitrogens is 5. The van der Waals surface area contributed by atoms with Crippen molar-refractivity contribution in [3.05, 3.63) is 57.8 Å². The first kappa shape index (κ1) is 21.5. The lowest BCUT2D eigenvalue weighted by atomic mass is 10.2. The Morgan fingerprint density at radius 3 is 2.74 bits per heavy atom. The molecule has 0 radical (unpaired) electrons. The van der Waals surface area contributed by atoms with Gasteiger partial charge in [-0.2, -0.15) is 0 Å². The van der Waals surface area contributed by atoms with Crippen LogP contribution in [0.3, 0.4) is 0 Å². The summed E-state index contributed by atoms with van der Waals surface area (Å²) in [6, 6.07) is 10.1. The number of thiazole rings is 1. The maximum atomic E-state index is 13.2. The highest BCUT2D eigenvalue weighted by Crippen LogP contribution is 2.18. The van der Waals surface area contributed by atoms with E-state index in [0.29, 0.717) is 32.6 Å². The third-order valence-electron chi connectivity index (χ3n) is 5.36. The molecular weight excluding hydrogens is 414 g/mol. The summed E-state index contributed by atoms with van der Waals surface area (Å²) < 4.78 is 7.14. The van der Waals surface area contributed by atoms with Crippen LogP contribution >= 0.6 is 11.3 Å². The third kappa shape index (κ3) is 5.93. The van der Waals surface area contributed by atoms with Gasteiger partial charge in [-0.05, 0) is 22.9 Å². The third-order valence-corrected chi connectivity index (χ3v) is 6.28. The van der Waals surface area contributed by atoms with E-state index in [9.17, 15) is 4.79 Å². The lowest BCUT2D eigenvalue weighted by Gasteiger charge is -2.26. The van der Waals surface area contributed by atoms with Gasteiger partial charge in [-0.1, -0.05) is 30.3 Å². The molecule has 0 spiro atoms. The van der Waals surface area contributed by atoms with E-state index >= 15 is 0 Å². The van der Waals surface area contributed by atoms with Crippen molar-refractivity contribution >= 4 is 17.2 Å². The van der Waals surface area contributed by atoms with E-state index in [-0.39, 0.29) is 5.91 Å². The summed E-state index contributed by atoms with van der Waals surface area (Å²) in [4.78, 5) is 22.8. The number of carbonyl (C=O) groups is 1. The minimum Gasteiger partial charge on any atom is -0.379 e. The number of ether oxygens (including phenoxy) is 1. The summed E-state index contributed by atoms with van der Waals surface area (Å²) >= 11 is 1.59. The van der Waals surface area contributed by atoms with Crippen LogP contribution in [-0.2, 0) is 35.7 Å². The second kappa shape index (κ2) is 10.6. The Morgan fingerprint density at radius 2 is 2.00 bits per heavy atom. The van der Waals surface area contributed by atoms with Crippen LogP contribution in [0.4, 0.5) is 0 Å². The second-order valence-electron chi connectivity index (χ2n) is 7.55. The average molecular weight is 442 g/mol. The average Bonchev–Trinajstić information content (AvgIpc) is 3.41. The Morgan fingerprint density at radius 1 is 1.19 bits per heavy atom. The SMILES string of the molecule is Cc1ncsc1CN(Cc1ccccc1)C(=O)CCn1nnnc1CN1CCOCC1. The topological polar surface area (TPSA) is 89.3 Å². The zero-order chi connectivity index (χ0) is 21.5. The van der Waals surface area contributed by atoms with Gasteiger partial charge in [0.15, 0.2) is 5.82 Å². The van der Waals surface area contributed by atoms with Crippen molar-refractivity contribution in [1.82, 2.24) is 35.0 Å². The van der Waals surface area contributed by atoms with Gasteiger partial charge >= 0.3 is 0 Å². The monoisotopic (exact) mass is 441 g/mol. The minimum atomic E-state index is 0.0736. The molecule has 1 fully saturated rings. The van der Waals surface area contributed by atoms with Gasteiger partial charge in [-0.25, -0.2) is 9.67 Å². The van der Waals surface area contributed by atoms with Crippen molar-refractivity contribution in [3.63, 3.8) is 0 Å². The Kier molecular flexibility index (Phi) is 7.34. The van der Waals surface area contributed by atoms with Gasteiger partial charge in [0, 0.05) is 30.9 Å². The normalized spacial score (nSPS) is 14.6. The Balaban J connectivity index is 1.40. The van der Waals surface area contributed by atoms with Crippen LogP contribution < -0.4 is 0 Å². The highest BCUT2D eigenvalue weighted by Gasteiger charge is 2.19. The smallest absolute Gasteiger partial charge is 0.225 e. The molecule has 10 heteroatoms. The number of hydrogen-bond donors (Lipinski definition) is 0. The second-order valence-corrected chi connectivity index (χ2v) is 8.49. The Bertz CT molecular complexity index is 969. The predicted molar refractivity (Wildman–Crippen MR) is 116 cm³/mol. The molecule has 0 N–H and O–H groups in total. The zero-order valence-electron chi connectivity index (χ0n) is 17.7. The van der Waals surface area contributed by atoms with Crippen molar-refractivity contribution < 1.29 is 9.53 Å². The van der Waals surface area contributed by atoms with E-state index in [1.807, 2.05) is 47.7 Å². The van der Waals surface area contributed by atoms with E-state index < -0.39 is 0 Å². The summed E-state index contributed by atoms with van der Waals surface area (Å²) in [7, 11) is 0. The van der Waals surface area contributed by atoms with Gasteiger partial charge in [0.25, 0.3) is 0 Å². The number of amides is 1. The molecule has 31 heavy (non-hydrogen) atoms. The van der Waals surface area contributed by atoms with Gasteiger partial charge in [-0.3, -0.25) is 9.69 Å². The summed E-state index contributed by atoms with van der Waals surface area (Å²) in [6.07, 6.45) is 0.339. The van der Waals surface area contributed by atoms with Crippen LogP contribution in [0.1, 0.15) is 28.4 Å². The highest BCUT2D eigenvalue weighted by molar-refractivity contribution is 7.09. The fraction of sp³-hybridized carbons (Fsp3) is 0.476. The molecule has 1 aliphatic rings. The summed E-state index contributed by atoms with van der Waals surface area (Å²) in [5.41, 5.74) is 3.91. The maximum Gasteiger partial charge on any atom is 0.225 e. The molecule has 1 amide bonds. The number of nitrogens with zero attached hydrogens (tertiary/aromatic N) is 7. The van der Waals surface area contributed by atoms with Crippen molar-refractivity contribution in [2.45, 2.75) is 39.5 Å². The number of morpholine rings is 1. The van der Waals surface area contributed by atoms with Crippen molar-refractivity contribution in [1.29, 1.82) is 0 Å². The lowest BCUT2D eigenvalue weighted by Crippen LogP contribution is -2.36. The van der Waals surface area contributed by atoms with Crippen molar-refractivity contribution in [3.8, 4) is 0 Å². The number of aryl methyl sites for hydroxylation is 2. The van der Waals surface area contributed by atoms with Gasteiger partial charge in [0.2, 0.25) is 5.91 Å². The molecule has 0 atom stereocenters. The first-order valence-corrected chi connectivity index (χ1v) is 11.3. The first-order valence-electron chi connectivity index (χ1n) is 10.4. The van der Waals surface area contributed by atoms with E-state index in [1.165, 1.54) is 0 Å². The van der Waals surface area contributed by atoms with E-state index in [1.54, 1.807) is 16.0 Å². The summed E-state index contributed by atoms with van der Waals surface area (Å²) in [6.45, 7) is 7.41. The molecule has 1 aromatic carbocycles. The van der Waals surface area contributed by atoms with Crippen LogP contribution in [0.5, 0.6) is 0 Å². The van der Waals surface area contributed by atoms with Crippen LogP contribution in [0.2, 0.25) is 0 Å². The van der Waals surface area contributed by atoms with Crippen LogP contribution in [0, 0.1) is 6.92 Å². The molecule has 164 valence electrons. The highest BCUT2D eigenvalue weighted by atomic mass is 32.1. The molecule has 1 aliphatic heterocycles. The lowest BCUT2D eigenvalue weighted by molar-refractivity contribution is -0.132. The summed E-state index contributed by atoms with van der Waals surface area (Å²) in [5, 5.41) is 12.1. The van der Waals surface area contributed by atoms with Crippen LogP contribution in [-0.4, -0.2) is 67.2 Å². The van der Waals surface area contributed by atoms with Gasteiger partial charge in [0.05, 0.1) is 44.1 Å². The molecule has 3 heterocycles. The van der Waals surface area contributed by atoms with E-state index in [2.05, 4.69) is 25.4 Å². The Hall–Kier alpha value is -2.69. The van der Waals surface area contributed by atoms with E-state index in [4.69, 9.17) is 4.74 Å². The predicted octanol–water partition coefficient (Wildman–Crippen LogP) is 1.89. The maximum absolute atomic E-state index is 13.2. The molecule has 0 bridgehead atoms. The molecule has 0 saturated carbocycles. The largest absolute Gasteiger partial charge is 0.379 e. The van der Waals surface area contributed by atoms with Crippen LogP contribution in [0.15, 0.2) is 35.8 Å². The van der Waals surface area contributed by atoms with Gasteiger partial charge < -0.3 is 9.64 Å². The van der Waals surface area contributed by atoms with Crippen LogP contribution in [0.25, 0.3) is 0 Å². The quantitative estimate of drug-likeness (QED) is 0.501. The van der Waals surface area contributed by atoms with Gasteiger partial charge in [0.1, 0.15) is 0 Å². The number of hydrogen-bond acceptors (Lipinski definition) is 8. The van der Waals surface area contributed by atoms with Crippen molar-refractivity contribution in [2.75, 3.05) is 26.3 Å². The molecule has 2 aromatic heterocycles. The molecule has 9 nitrogen and oxygen atoms in total.